The van der Waals surface area contributed by atoms with Crippen molar-refractivity contribution < 1.29 is 19.4 Å². The third-order valence-corrected chi connectivity index (χ3v) is 3.75. The van der Waals surface area contributed by atoms with Crippen LogP contribution in [0, 0.1) is 5.92 Å². The number of hydrogen-bond donors (Lipinski definition) is 1. The first-order chi connectivity index (χ1) is 8.53. The third-order valence-electron chi connectivity index (χ3n) is 3.75. The van der Waals surface area contributed by atoms with Crippen LogP contribution in [0.2, 0.25) is 0 Å². The molecule has 1 aliphatic heterocycles. The van der Waals surface area contributed by atoms with Crippen LogP contribution in [0.3, 0.4) is 0 Å². The average molecular weight is 259 g/mol. The summed E-state index contributed by atoms with van der Waals surface area (Å²) >= 11 is 0. The minimum atomic E-state index is -0.710. The Morgan fingerprint density at radius 3 is 2.83 bits per heavy atom. The molecule has 1 fully saturated rings. The number of carbonyl (C=O) groups is 1. The number of ether oxygens (including phenoxy) is 2. The third kappa shape index (κ3) is 3.93. The van der Waals surface area contributed by atoms with Gasteiger partial charge in [-0.1, -0.05) is 6.92 Å². The largest absolute Gasteiger partial charge is 0.389 e. The fourth-order valence-electron chi connectivity index (χ4n) is 2.32. The molecule has 18 heavy (non-hydrogen) atoms. The van der Waals surface area contributed by atoms with Crippen molar-refractivity contribution in [2.75, 3.05) is 40.0 Å². The van der Waals surface area contributed by atoms with Gasteiger partial charge >= 0.3 is 0 Å². The lowest BCUT2D eigenvalue weighted by Crippen LogP contribution is -2.53. The Morgan fingerprint density at radius 1 is 1.56 bits per heavy atom. The second-order valence-electron chi connectivity index (χ2n) is 4.97. The molecule has 1 aliphatic rings. The van der Waals surface area contributed by atoms with Crippen molar-refractivity contribution in [3.8, 4) is 0 Å². The second kappa shape index (κ2) is 7.07. The first-order valence-electron chi connectivity index (χ1n) is 6.60. The highest BCUT2D eigenvalue weighted by molar-refractivity contribution is 5.77. The molecule has 0 aliphatic carbocycles. The van der Waals surface area contributed by atoms with E-state index in [0.717, 1.165) is 0 Å². The number of piperidine rings is 1. The van der Waals surface area contributed by atoms with Crippen molar-refractivity contribution in [1.29, 1.82) is 0 Å². The molecule has 1 N–H and O–H groups in total. The van der Waals surface area contributed by atoms with Crippen LogP contribution in [0.15, 0.2) is 0 Å². The van der Waals surface area contributed by atoms with E-state index < -0.39 is 5.60 Å². The van der Waals surface area contributed by atoms with E-state index in [1.54, 1.807) is 12.0 Å². The Hall–Kier alpha value is -0.650. The molecule has 1 saturated heterocycles. The average Bonchev–Trinajstić information content (AvgIpc) is 2.37. The Bertz CT molecular complexity index is 272. The summed E-state index contributed by atoms with van der Waals surface area (Å²) in [7, 11) is 1.63. The van der Waals surface area contributed by atoms with Crippen LogP contribution in [0.4, 0.5) is 0 Å². The topological polar surface area (TPSA) is 59.0 Å². The number of hydrogen-bond acceptors (Lipinski definition) is 4. The SMILES string of the molecule is CCOCC(=O)N1CC[C@@](O)(CCOC)[C@H](C)C1. The number of amides is 1. The fraction of sp³-hybridized carbons (Fsp3) is 0.923. The highest BCUT2D eigenvalue weighted by Gasteiger charge is 2.39. The van der Waals surface area contributed by atoms with Gasteiger partial charge in [-0.3, -0.25) is 4.79 Å². The predicted octanol–water partition coefficient (Wildman–Crippen LogP) is 0.659. The Balaban J connectivity index is 2.47. The van der Waals surface area contributed by atoms with Gasteiger partial charge in [0.2, 0.25) is 5.91 Å². The molecule has 0 radical (unpaired) electrons. The van der Waals surface area contributed by atoms with Gasteiger partial charge in [0.1, 0.15) is 6.61 Å². The van der Waals surface area contributed by atoms with E-state index in [9.17, 15) is 9.90 Å². The molecule has 0 bridgehead atoms. The molecule has 0 aromatic rings. The number of rotatable bonds is 6. The molecule has 0 unspecified atom stereocenters. The lowest BCUT2D eigenvalue weighted by Gasteiger charge is -2.43. The van der Waals surface area contributed by atoms with Crippen molar-refractivity contribution in [3.63, 3.8) is 0 Å². The maximum atomic E-state index is 11.8. The van der Waals surface area contributed by atoms with Crippen molar-refractivity contribution in [2.45, 2.75) is 32.3 Å². The Kier molecular flexibility index (Phi) is 6.05. The minimum Gasteiger partial charge on any atom is -0.389 e. The van der Waals surface area contributed by atoms with Gasteiger partial charge in [0.05, 0.1) is 5.60 Å². The van der Waals surface area contributed by atoms with Crippen LogP contribution in [0.25, 0.3) is 0 Å². The molecule has 1 heterocycles. The quantitative estimate of drug-likeness (QED) is 0.761. The van der Waals surface area contributed by atoms with E-state index in [1.807, 2.05) is 13.8 Å². The molecule has 106 valence electrons. The zero-order valence-electron chi connectivity index (χ0n) is 11.6. The zero-order valence-corrected chi connectivity index (χ0v) is 11.6. The molecular formula is C13H25NO4. The molecule has 5 heteroatoms. The van der Waals surface area contributed by atoms with E-state index in [-0.39, 0.29) is 18.4 Å². The molecule has 5 nitrogen and oxygen atoms in total. The first-order valence-corrected chi connectivity index (χ1v) is 6.60. The van der Waals surface area contributed by atoms with Crippen molar-refractivity contribution in [2.24, 2.45) is 5.92 Å². The molecule has 0 saturated carbocycles. The standard InChI is InChI=1S/C13H25NO4/c1-4-18-10-12(15)14-7-5-13(16,6-8-17-3)11(2)9-14/h11,16H,4-10H2,1-3H3/t11-,13-/m1/s1. The van der Waals surface area contributed by atoms with Gasteiger partial charge in [-0.25, -0.2) is 0 Å². The highest BCUT2D eigenvalue weighted by atomic mass is 16.5. The number of carbonyl (C=O) groups excluding carboxylic acids is 1. The number of aliphatic hydroxyl groups is 1. The molecule has 0 spiro atoms. The first kappa shape index (κ1) is 15.4. The molecule has 2 atom stereocenters. The fourth-order valence-corrected chi connectivity index (χ4v) is 2.32. The summed E-state index contributed by atoms with van der Waals surface area (Å²) in [6, 6.07) is 0. The van der Waals surface area contributed by atoms with Crippen molar-refractivity contribution in [1.82, 2.24) is 4.90 Å². The summed E-state index contributed by atoms with van der Waals surface area (Å²) < 4.78 is 10.2. The van der Waals surface area contributed by atoms with Crippen molar-refractivity contribution >= 4 is 5.91 Å². The van der Waals surface area contributed by atoms with Gasteiger partial charge in [-0.05, 0) is 19.8 Å². The van der Waals surface area contributed by atoms with Gasteiger partial charge in [-0.2, -0.15) is 0 Å². The van der Waals surface area contributed by atoms with E-state index >= 15 is 0 Å². The van der Waals surface area contributed by atoms with E-state index in [2.05, 4.69) is 0 Å². The van der Waals surface area contributed by atoms with E-state index in [1.165, 1.54) is 0 Å². The van der Waals surface area contributed by atoms with Gasteiger partial charge < -0.3 is 19.5 Å². The van der Waals surface area contributed by atoms with Crippen LogP contribution < -0.4 is 0 Å². The van der Waals surface area contributed by atoms with Gasteiger partial charge in [0, 0.05) is 39.3 Å². The molecular weight excluding hydrogens is 234 g/mol. The summed E-state index contributed by atoms with van der Waals surface area (Å²) in [6.45, 7) is 6.27. The van der Waals surface area contributed by atoms with Crippen LogP contribution in [0.1, 0.15) is 26.7 Å². The summed E-state index contributed by atoms with van der Waals surface area (Å²) in [4.78, 5) is 13.6. The summed E-state index contributed by atoms with van der Waals surface area (Å²) in [5, 5.41) is 10.5. The monoisotopic (exact) mass is 259 g/mol. The Labute approximate surface area is 109 Å². The lowest BCUT2D eigenvalue weighted by molar-refractivity contribution is -0.145. The molecule has 1 amide bonds. The highest BCUT2D eigenvalue weighted by Crippen LogP contribution is 2.30. The van der Waals surface area contributed by atoms with Gasteiger partial charge in [0.25, 0.3) is 0 Å². The van der Waals surface area contributed by atoms with Crippen LogP contribution >= 0.6 is 0 Å². The summed E-state index contributed by atoms with van der Waals surface area (Å²) in [5.74, 6) is 0.0736. The number of methoxy groups -OCH3 is 1. The van der Waals surface area contributed by atoms with Crippen molar-refractivity contribution in [3.05, 3.63) is 0 Å². The number of likely N-dealkylation sites (tertiary alicyclic amines) is 1. The zero-order chi connectivity index (χ0) is 13.6. The second-order valence-corrected chi connectivity index (χ2v) is 4.97. The van der Waals surface area contributed by atoms with Crippen LogP contribution in [-0.4, -0.2) is 61.5 Å². The molecule has 1 rings (SSSR count). The van der Waals surface area contributed by atoms with Gasteiger partial charge in [-0.15, -0.1) is 0 Å². The van der Waals surface area contributed by atoms with E-state index in [0.29, 0.717) is 39.1 Å². The van der Waals surface area contributed by atoms with Gasteiger partial charge in [0.15, 0.2) is 0 Å². The lowest BCUT2D eigenvalue weighted by atomic mass is 9.80. The normalized spacial score (nSPS) is 28.4. The van der Waals surface area contributed by atoms with Crippen LogP contribution in [0.5, 0.6) is 0 Å². The predicted molar refractivity (Wildman–Crippen MR) is 68.3 cm³/mol. The van der Waals surface area contributed by atoms with Crippen LogP contribution in [-0.2, 0) is 14.3 Å². The molecule has 0 aromatic carbocycles. The minimum absolute atomic E-state index is 0.0116. The Morgan fingerprint density at radius 2 is 2.28 bits per heavy atom. The maximum Gasteiger partial charge on any atom is 0.248 e. The smallest absolute Gasteiger partial charge is 0.248 e. The molecule has 0 aromatic heterocycles. The summed E-state index contributed by atoms with van der Waals surface area (Å²) in [6.07, 6.45) is 1.23. The maximum absolute atomic E-state index is 11.8. The van der Waals surface area contributed by atoms with E-state index in [4.69, 9.17) is 9.47 Å². The summed E-state index contributed by atoms with van der Waals surface area (Å²) in [5.41, 5.74) is -0.710. The number of nitrogens with zero attached hydrogens (tertiary/aromatic N) is 1.